The van der Waals surface area contributed by atoms with Crippen molar-refractivity contribution in [3.63, 3.8) is 0 Å². The van der Waals surface area contributed by atoms with Crippen molar-refractivity contribution in [3.8, 4) is 0 Å². The summed E-state index contributed by atoms with van der Waals surface area (Å²) in [6.45, 7) is 8.34. The molecule has 0 saturated carbocycles. The number of ether oxygens (including phenoxy) is 8. The van der Waals surface area contributed by atoms with Crippen LogP contribution in [-0.4, -0.2) is 79.1 Å². The van der Waals surface area contributed by atoms with Crippen LogP contribution in [0.15, 0.2) is 134 Å². The molecule has 53 heavy (non-hydrogen) atoms. The topological polar surface area (TPSA) is 111 Å². The quantitative estimate of drug-likeness (QED) is 0.103. The van der Waals surface area contributed by atoms with E-state index in [0.717, 1.165) is 16.7 Å². The fourth-order valence-electron chi connectivity index (χ4n) is 6.58. The maximum absolute atomic E-state index is 13.7. The normalized spacial score (nSPS) is 28.6. The van der Waals surface area contributed by atoms with E-state index < -0.39 is 67.4 Å². The standard InChI is InChI=1S/C43H48O10/c1-4-25-46-37-35(47-26-31-17-9-5-10-18-31)30(3)51-43(40(37)52-41(44)34-23-15-8-16-24-34)53-38-36(48-27-32-19-11-6-12-20-32)29(2)50-42(45)39(38)49-28-33-21-13-7-14-22-33/h4-24,29-30,35-40,42-43,45H,1,25-28H2,2-3H3/t29-,30-,35-,36-,37+,38+,39+,40+,42+,43-/m1/s1. The first kappa shape index (κ1) is 38.5. The summed E-state index contributed by atoms with van der Waals surface area (Å²) in [5.74, 6) is -0.592. The summed E-state index contributed by atoms with van der Waals surface area (Å²) in [5.41, 5.74) is 3.14. The lowest BCUT2D eigenvalue weighted by atomic mass is 9.96. The summed E-state index contributed by atoms with van der Waals surface area (Å²) in [5, 5.41) is 11.4. The zero-order valence-corrected chi connectivity index (χ0v) is 30.1. The van der Waals surface area contributed by atoms with Gasteiger partial charge in [0.2, 0.25) is 0 Å². The molecule has 0 aliphatic carbocycles. The van der Waals surface area contributed by atoms with Crippen LogP contribution in [0.5, 0.6) is 0 Å². The van der Waals surface area contributed by atoms with Gasteiger partial charge >= 0.3 is 5.97 Å². The summed E-state index contributed by atoms with van der Waals surface area (Å²) >= 11 is 0. The Bertz CT molecular complexity index is 1620. The van der Waals surface area contributed by atoms with Gasteiger partial charge in [0, 0.05) is 0 Å². The van der Waals surface area contributed by atoms with Crippen molar-refractivity contribution in [1.82, 2.24) is 0 Å². The van der Waals surface area contributed by atoms with E-state index in [1.807, 2.05) is 111 Å². The third-order valence-corrected chi connectivity index (χ3v) is 9.28. The van der Waals surface area contributed by atoms with Crippen molar-refractivity contribution < 1.29 is 47.8 Å². The second-order valence-electron chi connectivity index (χ2n) is 13.1. The molecule has 0 unspecified atom stereocenters. The molecule has 2 saturated heterocycles. The molecule has 10 atom stereocenters. The average molecular weight is 725 g/mol. The Morgan fingerprint density at radius 2 is 1.06 bits per heavy atom. The van der Waals surface area contributed by atoms with Gasteiger partial charge in [-0.2, -0.15) is 0 Å². The van der Waals surface area contributed by atoms with E-state index in [1.54, 1.807) is 30.3 Å². The van der Waals surface area contributed by atoms with Crippen LogP contribution in [0.3, 0.4) is 0 Å². The molecule has 0 radical (unpaired) electrons. The molecule has 10 heteroatoms. The highest BCUT2D eigenvalue weighted by Crippen LogP contribution is 2.35. The monoisotopic (exact) mass is 724 g/mol. The zero-order valence-electron chi connectivity index (χ0n) is 30.1. The van der Waals surface area contributed by atoms with Crippen molar-refractivity contribution >= 4 is 5.97 Å². The lowest BCUT2D eigenvalue weighted by molar-refractivity contribution is -0.362. The summed E-state index contributed by atoms with van der Waals surface area (Å²) in [6.07, 6.45) is -7.47. The van der Waals surface area contributed by atoms with Crippen LogP contribution in [0, 0.1) is 0 Å². The number of aliphatic hydroxyl groups excluding tert-OH is 1. The van der Waals surface area contributed by atoms with Crippen molar-refractivity contribution in [2.75, 3.05) is 6.61 Å². The maximum atomic E-state index is 13.7. The van der Waals surface area contributed by atoms with Crippen molar-refractivity contribution in [2.45, 2.75) is 95.1 Å². The molecule has 280 valence electrons. The number of aliphatic hydroxyl groups is 1. The van der Waals surface area contributed by atoms with Crippen LogP contribution >= 0.6 is 0 Å². The number of benzene rings is 4. The van der Waals surface area contributed by atoms with Crippen LogP contribution in [0.1, 0.15) is 40.9 Å². The SMILES string of the molecule is C=CCO[C@@H]1[C@H](OC(=O)c2ccccc2)[C@@H](O[C@H]2[C@H](OCc3ccccc3)[C@@H](C)O[C@H](O)[C@H]2OCc2ccccc2)O[C@H](C)[C@H]1OCc1ccccc1. The number of carbonyl (C=O) groups is 1. The largest absolute Gasteiger partial charge is 0.450 e. The van der Waals surface area contributed by atoms with Crippen molar-refractivity contribution in [1.29, 1.82) is 0 Å². The molecule has 4 aromatic rings. The molecule has 2 heterocycles. The molecule has 0 bridgehead atoms. The van der Waals surface area contributed by atoms with Gasteiger partial charge in [0.05, 0.1) is 44.2 Å². The lowest BCUT2D eigenvalue weighted by Gasteiger charge is -2.48. The van der Waals surface area contributed by atoms with Crippen LogP contribution in [0.2, 0.25) is 0 Å². The number of rotatable bonds is 16. The first-order chi connectivity index (χ1) is 25.9. The fraction of sp³-hybridized carbons (Fsp3) is 0.372. The molecule has 6 rings (SSSR count). The highest BCUT2D eigenvalue weighted by Gasteiger charge is 2.53. The molecule has 2 fully saturated rings. The van der Waals surface area contributed by atoms with Gasteiger partial charge in [0.1, 0.15) is 30.5 Å². The van der Waals surface area contributed by atoms with Crippen LogP contribution in [-0.2, 0) is 57.7 Å². The molecule has 1 N–H and O–H groups in total. The Balaban J connectivity index is 1.33. The number of esters is 1. The van der Waals surface area contributed by atoms with E-state index in [1.165, 1.54) is 0 Å². The second-order valence-corrected chi connectivity index (χ2v) is 13.1. The van der Waals surface area contributed by atoms with E-state index in [0.29, 0.717) is 5.56 Å². The molecule has 4 aromatic carbocycles. The summed E-state index contributed by atoms with van der Waals surface area (Å²) in [7, 11) is 0. The van der Waals surface area contributed by atoms with Gasteiger partial charge in [-0.05, 0) is 42.7 Å². The minimum absolute atomic E-state index is 0.146. The smallest absolute Gasteiger partial charge is 0.338 e. The average Bonchev–Trinajstić information content (AvgIpc) is 3.18. The Labute approximate surface area is 311 Å². The predicted octanol–water partition coefficient (Wildman–Crippen LogP) is 6.41. The number of hydrogen-bond donors (Lipinski definition) is 1. The van der Waals surface area contributed by atoms with Gasteiger partial charge in [0.25, 0.3) is 0 Å². The van der Waals surface area contributed by atoms with Crippen LogP contribution < -0.4 is 0 Å². The van der Waals surface area contributed by atoms with E-state index >= 15 is 0 Å². The van der Waals surface area contributed by atoms with E-state index in [-0.39, 0.29) is 26.4 Å². The molecule has 0 amide bonds. The highest BCUT2D eigenvalue weighted by molar-refractivity contribution is 5.89. The van der Waals surface area contributed by atoms with E-state index in [2.05, 4.69) is 6.58 Å². The Morgan fingerprint density at radius 3 is 1.57 bits per heavy atom. The Hall–Kier alpha value is -4.23. The Morgan fingerprint density at radius 1 is 0.604 bits per heavy atom. The lowest BCUT2D eigenvalue weighted by Crippen LogP contribution is -2.65. The molecule has 0 aromatic heterocycles. The van der Waals surface area contributed by atoms with Gasteiger partial charge in [-0.1, -0.05) is 115 Å². The molecule has 2 aliphatic rings. The van der Waals surface area contributed by atoms with Crippen molar-refractivity contribution in [2.24, 2.45) is 0 Å². The first-order valence-electron chi connectivity index (χ1n) is 18.0. The van der Waals surface area contributed by atoms with E-state index in [4.69, 9.17) is 37.9 Å². The summed E-state index contributed by atoms with van der Waals surface area (Å²) in [6, 6.07) is 37.8. The highest BCUT2D eigenvalue weighted by atomic mass is 16.7. The molecule has 2 aliphatic heterocycles. The molecule has 0 spiro atoms. The number of carbonyl (C=O) groups excluding carboxylic acids is 1. The van der Waals surface area contributed by atoms with Gasteiger partial charge < -0.3 is 43.0 Å². The molecule has 10 nitrogen and oxygen atoms in total. The van der Waals surface area contributed by atoms with Gasteiger partial charge in [-0.15, -0.1) is 6.58 Å². The van der Waals surface area contributed by atoms with Gasteiger partial charge in [-0.25, -0.2) is 4.79 Å². The predicted molar refractivity (Wildman–Crippen MR) is 196 cm³/mol. The third-order valence-electron chi connectivity index (χ3n) is 9.28. The maximum Gasteiger partial charge on any atom is 0.338 e. The minimum atomic E-state index is -1.36. The zero-order chi connectivity index (χ0) is 37.0. The second kappa shape index (κ2) is 19.2. The Kier molecular flexibility index (Phi) is 13.9. The number of hydrogen-bond acceptors (Lipinski definition) is 10. The van der Waals surface area contributed by atoms with Crippen molar-refractivity contribution in [3.05, 3.63) is 156 Å². The molecular formula is C43H48O10. The third kappa shape index (κ3) is 10.3. The van der Waals surface area contributed by atoms with Gasteiger partial charge in [-0.3, -0.25) is 0 Å². The molecular weight excluding hydrogens is 676 g/mol. The minimum Gasteiger partial charge on any atom is -0.450 e. The van der Waals surface area contributed by atoms with Gasteiger partial charge in [0.15, 0.2) is 18.7 Å². The fourth-order valence-corrected chi connectivity index (χ4v) is 6.58. The van der Waals surface area contributed by atoms with Crippen LogP contribution in [0.25, 0.3) is 0 Å². The summed E-state index contributed by atoms with van der Waals surface area (Å²) < 4.78 is 51.4. The first-order valence-corrected chi connectivity index (χ1v) is 18.0. The van der Waals surface area contributed by atoms with Crippen LogP contribution in [0.4, 0.5) is 0 Å². The van der Waals surface area contributed by atoms with E-state index in [9.17, 15) is 9.90 Å². The summed E-state index contributed by atoms with van der Waals surface area (Å²) in [4.78, 5) is 13.7.